The van der Waals surface area contributed by atoms with Crippen molar-refractivity contribution in [1.29, 1.82) is 0 Å². The lowest BCUT2D eigenvalue weighted by Crippen LogP contribution is -1.98. The number of benzene rings is 1. The Balaban J connectivity index is 2.14. The Bertz CT molecular complexity index is 542. The van der Waals surface area contributed by atoms with Gasteiger partial charge in [-0.05, 0) is 35.9 Å². The highest BCUT2D eigenvalue weighted by atomic mass is 32.2. The lowest BCUT2D eigenvalue weighted by molar-refractivity contribution is 0.619. The molecule has 3 nitrogen and oxygen atoms in total. The van der Waals surface area contributed by atoms with Crippen molar-refractivity contribution in [2.24, 2.45) is 0 Å². The minimum Gasteiger partial charge on any atom is -0.399 e. The fourth-order valence-electron chi connectivity index (χ4n) is 1.39. The topological polar surface area (TPSA) is 56.0 Å². The lowest BCUT2D eigenvalue weighted by Gasteiger charge is -2.03. The first-order chi connectivity index (χ1) is 8.15. The Kier molecular flexibility index (Phi) is 3.49. The molecule has 0 fully saturated rings. The van der Waals surface area contributed by atoms with E-state index in [1.807, 2.05) is 0 Å². The van der Waals surface area contributed by atoms with Crippen molar-refractivity contribution < 1.29 is 8.60 Å². The van der Waals surface area contributed by atoms with Crippen molar-refractivity contribution in [3.05, 3.63) is 54.1 Å². The van der Waals surface area contributed by atoms with Crippen molar-refractivity contribution in [2.45, 2.75) is 10.6 Å². The van der Waals surface area contributed by atoms with E-state index in [1.54, 1.807) is 24.3 Å². The van der Waals surface area contributed by atoms with Gasteiger partial charge in [-0.15, -0.1) is 0 Å². The zero-order valence-electron chi connectivity index (χ0n) is 8.97. The molecule has 0 radical (unpaired) electrons. The van der Waals surface area contributed by atoms with E-state index >= 15 is 0 Å². The Morgan fingerprint density at radius 3 is 2.59 bits per heavy atom. The normalized spacial score (nSPS) is 12.3. The van der Waals surface area contributed by atoms with Gasteiger partial charge in [0.25, 0.3) is 0 Å². The second-order valence-corrected chi connectivity index (χ2v) is 5.02. The molecule has 1 unspecified atom stereocenters. The Morgan fingerprint density at radius 1 is 1.24 bits per heavy atom. The Hall–Kier alpha value is -1.75. The van der Waals surface area contributed by atoms with Crippen LogP contribution < -0.4 is 5.73 Å². The van der Waals surface area contributed by atoms with Gasteiger partial charge in [0.1, 0.15) is 5.82 Å². The van der Waals surface area contributed by atoms with E-state index in [9.17, 15) is 8.60 Å². The molecule has 1 aromatic heterocycles. The number of nitrogens with zero attached hydrogens (tertiary/aromatic N) is 1. The van der Waals surface area contributed by atoms with Gasteiger partial charge < -0.3 is 5.73 Å². The first-order valence-electron chi connectivity index (χ1n) is 4.98. The number of halogens is 1. The summed E-state index contributed by atoms with van der Waals surface area (Å²) in [5.41, 5.74) is 6.78. The highest BCUT2D eigenvalue weighted by Gasteiger charge is 2.06. The summed E-state index contributed by atoms with van der Waals surface area (Å²) < 4.78 is 24.9. The quantitative estimate of drug-likeness (QED) is 0.849. The maximum absolute atomic E-state index is 12.9. The zero-order chi connectivity index (χ0) is 12.3. The van der Waals surface area contributed by atoms with Crippen LogP contribution in [0.4, 0.5) is 10.1 Å². The molecule has 1 atom stereocenters. The van der Waals surface area contributed by atoms with Crippen molar-refractivity contribution in [1.82, 2.24) is 4.98 Å². The molecule has 17 heavy (non-hydrogen) atoms. The summed E-state index contributed by atoms with van der Waals surface area (Å²) in [6.07, 6.45) is 2.63. The zero-order valence-corrected chi connectivity index (χ0v) is 9.78. The number of pyridine rings is 1. The first kappa shape index (κ1) is 11.7. The maximum atomic E-state index is 12.9. The Morgan fingerprint density at radius 2 is 1.94 bits per heavy atom. The van der Waals surface area contributed by atoms with Crippen LogP contribution in [0.3, 0.4) is 0 Å². The number of nitrogens with two attached hydrogens (primary N) is 1. The summed E-state index contributed by atoms with van der Waals surface area (Å²) in [7, 11) is -1.21. The second-order valence-electron chi connectivity index (χ2n) is 3.57. The number of rotatable bonds is 3. The third-order valence-corrected chi connectivity index (χ3v) is 3.60. The molecule has 0 bridgehead atoms. The van der Waals surface area contributed by atoms with Crippen molar-refractivity contribution in [3.63, 3.8) is 0 Å². The van der Waals surface area contributed by atoms with Crippen molar-refractivity contribution >= 4 is 16.5 Å². The molecule has 2 rings (SSSR count). The second kappa shape index (κ2) is 5.05. The molecular weight excluding hydrogens is 239 g/mol. The number of hydrogen-bond donors (Lipinski definition) is 1. The molecule has 0 saturated carbocycles. The van der Waals surface area contributed by atoms with Crippen LogP contribution in [0.2, 0.25) is 0 Å². The third-order valence-electron chi connectivity index (χ3n) is 2.20. The van der Waals surface area contributed by atoms with Gasteiger partial charge in [0.05, 0.1) is 22.7 Å². The van der Waals surface area contributed by atoms with E-state index in [-0.39, 0.29) is 5.75 Å². The highest BCUT2D eigenvalue weighted by molar-refractivity contribution is 7.84. The van der Waals surface area contributed by atoms with Crippen LogP contribution in [-0.2, 0) is 16.6 Å². The first-order valence-corrected chi connectivity index (χ1v) is 6.30. The van der Waals surface area contributed by atoms with Crippen LogP contribution in [0, 0.1) is 5.82 Å². The fourth-order valence-corrected chi connectivity index (χ4v) is 2.46. The van der Waals surface area contributed by atoms with Crippen molar-refractivity contribution in [2.75, 3.05) is 5.73 Å². The van der Waals surface area contributed by atoms with Crippen LogP contribution >= 0.6 is 0 Å². The fraction of sp³-hybridized carbons (Fsp3) is 0.0833. The molecule has 0 aliphatic carbocycles. The largest absolute Gasteiger partial charge is 0.399 e. The van der Waals surface area contributed by atoms with Gasteiger partial charge in [-0.1, -0.05) is 0 Å². The molecule has 0 spiro atoms. The van der Waals surface area contributed by atoms with Gasteiger partial charge in [0.2, 0.25) is 0 Å². The molecule has 0 aliphatic heterocycles. The minimum atomic E-state index is -1.21. The molecule has 0 saturated heterocycles. The molecule has 0 amide bonds. The summed E-state index contributed by atoms with van der Waals surface area (Å²) >= 11 is 0. The predicted octanol–water partition coefficient (Wildman–Crippen LogP) is 2.11. The van der Waals surface area contributed by atoms with Gasteiger partial charge in [-0.25, -0.2) is 4.39 Å². The predicted molar refractivity (Wildman–Crippen MR) is 65.2 cm³/mol. The molecule has 1 aromatic carbocycles. The van der Waals surface area contributed by atoms with Crippen molar-refractivity contribution in [3.8, 4) is 0 Å². The van der Waals surface area contributed by atoms with Crippen LogP contribution in [0.15, 0.2) is 47.6 Å². The van der Waals surface area contributed by atoms with E-state index in [2.05, 4.69) is 4.98 Å². The summed E-state index contributed by atoms with van der Waals surface area (Å²) in [5.74, 6) is -0.175. The van der Waals surface area contributed by atoms with Crippen LogP contribution in [-0.4, -0.2) is 9.19 Å². The van der Waals surface area contributed by atoms with Gasteiger partial charge in [0, 0.05) is 16.8 Å². The number of aromatic nitrogens is 1. The summed E-state index contributed by atoms with van der Waals surface area (Å²) in [4.78, 5) is 4.39. The monoisotopic (exact) mass is 250 g/mol. The molecule has 88 valence electrons. The van der Waals surface area contributed by atoms with Crippen LogP contribution in [0.5, 0.6) is 0 Å². The SMILES string of the molecule is Nc1ccc(S(=O)Cc2cncc(F)c2)cc1. The molecular formula is C12H11FN2OS. The molecule has 5 heteroatoms. The maximum Gasteiger partial charge on any atom is 0.141 e. The summed E-state index contributed by atoms with van der Waals surface area (Å²) in [6.45, 7) is 0. The van der Waals surface area contributed by atoms with E-state index in [4.69, 9.17) is 5.73 Å². The average molecular weight is 250 g/mol. The number of hydrogen-bond acceptors (Lipinski definition) is 3. The third kappa shape index (κ3) is 3.10. The van der Waals surface area contributed by atoms with Gasteiger partial charge in [0.15, 0.2) is 0 Å². The molecule has 0 aliphatic rings. The van der Waals surface area contributed by atoms with Gasteiger partial charge >= 0.3 is 0 Å². The van der Waals surface area contributed by atoms with E-state index in [1.165, 1.54) is 12.3 Å². The standard InChI is InChI=1S/C12H11FN2OS/c13-10-5-9(6-15-7-10)8-17(16)12-3-1-11(14)2-4-12/h1-7H,8,14H2. The number of nitrogen functional groups attached to an aromatic ring is 1. The smallest absolute Gasteiger partial charge is 0.141 e. The molecule has 1 heterocycles. The van der Waals surface area contributed by atoms with Crippen LogP contribution in [0.25, 0.3) is 0 Å². The molecule has 2 aromatic rings. The van der Waals surface area contributed by atoms with E-state index in [0.717, 1.165) is 6.20 Å². The number of anilines is 1. The molecule has 2 N–H and O–H groups in total. The Labute approximate surface area is 101 Å². The van der Waals surface area contributed by atoms with Crippen LogP contribution in [0.1, 0.15) is 5.56 Å². The van der Waals surface area contributed by atoms with Gasteiger partial charge in [-0.3, -0.25) is 9.19 Å². The summed E-state index contributed by atoms with van der Waals surface area (Å²) in [6, 6.07) is 8.13. The lowest BCUT2D eigenvalue weighted by atomic mass is 10.3. The average Bonchev–Trinajstić information content (AvgIpc) is 2.29. The van der Waals surface area contributed by atoms with E-state index < -0.39 is 16.6 Å². The summed E-state index contributed by atoms with van der Waals surface area (Å²) in [5, 5.41) is 0. The van der Waals surface area contributed by atoms with Gasteiger partial charge in [-0.2, -0.15) is 0 Å². The van der Waals surface area contributed by atoms with E-state index in [0.29, 0.717) is 16.1 Å². The highest BCUT2D eigenvalue weighted by Crippen LogP contribution is 2.14. The minimum absolute atomic E-state index is 0.245.